The maximum atomic E-state index is 12.0. The molecule has 1 unspecified atom stereocenters. The molecule has 0 aliphatic carbocycles. The minimum absolute atomic E-state index is 0.0387. The second kappa shape index (κ2) is 6.72. The van der Waals surface area contributed by atoms with E-state index in [4.69, 9.17) is 11.6 Å². The molecule has 20 heavy (non-hydrogen) atoms. The standard InChI is InChI=1S/C14H18ClN3O2/c1-10(11-4-2-3-5-12(11)15)17-14(20)9-18-7-6-16-13(19)8-18/h2-5,10H,6-9H2,1H3,(H,16,19)(H,17,20). The van der Waals surface area contributed by atoms with E-state index in [-0.39, 0.29) is 30.9 Å². The summed E-state index contributed by atoms with van der Waals surface area (Å²) < 4.78 is 0. The molecule has 1 saturated heterocycles. The number of benzene rings is 1. The minimum Gasteiger partial charge on any atom is -0.354 e. The van der Waals surface area contributed by atoms with E-state index in [1.807, 2.05) is 30.0 Å². The number of carbonyl (C=O) groups is 2. The fraction of sp³-hybridized carbons (Fsp3) is 0.429. The smallest absolute Gasteiger partial charge is 0.234 e. The van der Waals surface area contributed by atoms with Crippen molar-refractivity contribution in [3.05, 3.63) is 34.9 Å². The number of piperazine rings is 1. The highest BCUT2D eigenvalue weighted by Gasteiger charge is 2.19. The number of hydrogen-bond acceptors (Lipinski definition) is 3. The Morgan fingerprint density at radius 3 is 2.95 bits per heavy atom. The molecule has 1 fully saturated rings. The third kappa shape index (κ3) is 3.95. The Morgan fingerprint density at radius 2 is 2.25 bits per heavy atom. The topological polar surface area (TPSA) is 61.4 Å². The van der Waals surface area contributed by atoms with Crippen LogP contribution in [0.2, 0.25) is 5.02 Å². The van der Waals surface area contributed by atoms with Crippen molar-refractivity contribution in [2.75, 3.05) is 26.2 Å². The fourth-order valence-electron chi connectivity index (χ4n) is 2.22. The molecule has 0 aromatic heterocycles. The molecule has 5 nitrogen and oxygen atoms in total. The van der Waals surface area contributed by atoms with Crippen molar-refractivity contribution in [1.29, 1.82) is 0 Å². The van der Waals surface area contributed by atoms with Gasteiger partial charge in [-0.3, -0.25) is 14.5 Å². The van der Waals surface area contributed by atoms with E-state index in [1.54, 1.807) is 6.07 Å². The van der Waals surface area contributed by atoms with Gasteiger partial charge in [-0.15, -0.1) is 0 Å². The molecule has 2 rings (SSSR count). The van der Waals surface area contributed by atoms with Gasteiger partial charge in [0.25, 0.3) is 0 Å². The number of amides is 2. The normalized spacial score (nSPS) is 17.4. The second-order valence-electron chi connectivity index (χ2n) is 4.87. The Bertz CT molecular complexity index is 507. The van der Waals surface area contributed by atoms with E-state index in [2.05, 4.69) is 10.6 Å². The van der Waals surface area contributed by atoms with Crippen LogP contribution in [0.3, 0.4) is 0 Å². The molecular formula is C14H18ClN3O2. The van der Waals surface area contributed by atoms with Gasteiger partial charge in [0.1, 0.15) is 0 Å². The summed E-state index contributed by atoms with van der Waals surface area (Å²) in [7, 11) is 0. The van der Waals surface area contributed by atoms with E-state index in [9.17, 15) is 9.59 Å². The second-order valence-corrected chi connectivity index (χ2v) is 5.28. The third-order valence-corrected chi connectivity index (χ3v) is 3.58. The highest BCUT2D eigenvalue weighted by molar-refractivity contribution is 6.31. The van der Waals surface area contributed by atoms with Crippen molar-refractivity contribution < 1.29 is 9.59 Å². The number of nitrogens with zero attached hydrogens (tertiary/aromatic N) is 1. The summed E-state index contributed by atoms with van der Waals surface area (Å²) in [4.78, 5) is 25.1. The van der Waals surface area contributed by atoms with Gasteiger partial charge in [0.15, 0.2) is 0 Å². The number of rotatable bonds is 4. The first-order valence-corrected chi connectivity index (χ1v) is 6.97. The highest BCUT2D eigenvalue weighted by Crippen LogP contribution is 2.21. The van der Waals surface area contributed by atoms with Gasteiger partial charge in [0, 0.05) is 18.1 Å². The zero-order valence-corrected chi connectivity index (χ0v) is 12.1. The third-order valence-electron chi connectivity index (χ3n) is 3.23. The van der Waals surface area contributed by atoms with Crippen LogP contribution >= 0.6 is 11.6 Å². The van der Waals surface area contributed by atoms with Crippen molar-refractivity contribution in [2.24, 2.45) is 0 Å². The fourth-order valence-corrected chi connectivity index (χ4v) is 2.52. The number of hydrogen-bond donors (Lipinski definition) is 2. The predicted molar refractivity (Wildman–Crippen MR) is 77.5 cm³/mol. The van der Waals surface area contributed by atoms with Crippen LogP contribution in [0.15, 0.2) is 24.3 Å². The molecule has 0 radical (unpaired) electrons. The summed E-state index contributed by atoms with van der Waals surface area (Å²) in [6.45, 7) is 3.67. The molecule has 2 N–H and O–H groups in total. The van der Waals surface area contributed by atoms with Crippen LogP contribution in [0.25, 0.3) is 0 Å². The maximum Gasteiger partial charge on any atom is 0.234 e. The lowest BCUT2D eigenvalue weighted by Crippen LogP contribution is -2.50. The molecule has 1 heterocycles. The van der Waals surface area contributed by atoms with Gasteiger partial charge in [0.2, 0.25) is 11.8 Å². The maximum absolute atomic E-state index is 12.0. The van der Waals surface area contributed by atoms with Crippen LogP contribution in [0.4, 0.5) is 0 Å². The van der Waals surface area contributed by atoms with Gasteiger partial charge in [-0.25, -0.2) is 0 Å². The zero-order valence-electron chi connectivity index (χ0n) is 11.4. The van der Waals surface area contributed by atoms with Crippen molar-refractivity contribution in [3.63, 3.8) is 0 Å². The Kier molecular flexibility index (Phi) is 4.98. The van der Waals surface area contributed by atoms with Crippen molar-refractivity contribution in [2.45, 2.75) is 13.0 Å². The van der Waals surface area contributed by atoms with Crippen molar-refractivity contribution in [3.8, 4) is 0 Å². The molecule has 6 heteroatoms. The predicted octanol–water partition coefficient (Wildman–Crippen LogP) is 0.949. The lowest BCUT2D eigenvalue weighted by atomic mass is 10.1. The van der Waals surface area contributed by atoms with Crippen LogP contribution in [-0.4, -0.2) is 42.9 Å². The Morgan fingerprint density at radius 1 is 1.50 bits per heavy atom. The summed E-state index contributed by atoms with van der Waals surface area (Å²) in [6.07, 6.45) is 0. The van der Waals surface area contributed by atoms with Crippen LogP contribution in [0.5, 0.6) is 0 Å². The van der Waals surface area contributed by atoms with Crippen LogP contribution in [0.1, 0.15) is 18.5 Å². The molecule has 1 aliphatic heterocycles. The SMILES string of the molecule is CC(NC(=O)CN1CCNC(=O)C1)c1ccccc1Cl. The van der Waals surface area contributed by atoms with Crippen molar-refractivity contribution >= 4 is 23.4 Å². The van der Waals surface area contributed by atoms with Gasteiger partial charge in [-0.05, 0) is 18.6 Å². The minimum atomic E-state index is -0.158. The lowest BCUT2D eigenvalue weighted by molar-refractivity contribution is -0.127. The molecule has 0 saturated carbocycles. The van der Waals surface area contributed by atoms with E-state index in [0.29, 0.717) is 18.1 Å². The quantitative estimate of drug-likeness (QED) is 0.869. The molecular weight excluding hydrogens is 278 g/mol. The first kappa shape index (κ1) is 14.8. The monoisotopic (exact) mass is 295 g/mol. The molecule has 1 aromatic carbocycles. The first-order chi connectivity index (χ1) is 9.56. The Hall–Kier alpha value is -1.59. The van der Waals surface area contributed by atoms with Crippen LogP contribution < -0.4 is 10.6 Å². The summed E-state index contributed by atoms with van der Waals surface area (Å²) in [6, 6.07) is 7.27. The van der Waals surface area contributed by atoms with Crippen LogP contribution in [-0.2, 0) is 9.59 Å². The van der Waals surface area contributed by atoms with E-state index >= 15 is 0 Å². The first-order valence-electron chi connectivity index (χ1n) is 6.59. The van der Waals surface area contributed by atoms with Crippen LogP contribution in [0, 0.1) is 0 Å². The lowest BCUT2D eigenvalue weighted by Gasteiger charge is -2.26. The molecule has 1 atom stereocenters. The Labute approximate surface area is 123 Å². The summed E-state index contributed by atoms with van der Waals surface area (Å²) in [5, 5.41) is 6.27. The highest BCUT2D eigenvalue weighted by atomic mass is 35.5. The van der Waals surface area contributed by atoms with E-state index in [0.717, 1.165) is 5.56 Å². The number of halogens is 1. The number of carbonyl (C=O) groups excluding carboxylic acids is 2. The van der Waals surface area contributed by atoms with Crippen molar-refractivity contribution in [1.82, 2.24) is 15.5 Å². The van der Waals surface area contributed by atoms with Gasteiger partial charge < -0.3 is 10.6 Å². The van der Waals surface area contributed by atoms with E-state index in [1.165, 1.54) is 0 Å². The number of nitrogens with one attached hydrogen (secondary N) is 2. The van der Waals surface area contributed by atoms with E-state index < -0.39 is 0 Å². The Balaban J connectivity index is 1.88. The molecule has 1 aliphatic rings. The molecule has 1 aromatic rings. The largest absolute Gasteiger partial charge is 0.354 e. The van der Waals surface area contributed by atoms with Gasteiger partial charge in [-0.2, -0.15) is 0 Å². The summed E-state index contributed by atoms with van der Waals surface area (Å²) in [5.74, 6) is -0.143. The average molecular weight is 296 g/mol. The average Bonchev–Trinajstić information content (AvgIpc) is 2.38. The summed E-state index contributed by atoms with van der Waals surface area (Å²) in [5.41, 5.74) is 0.888. The molecule has 2 amide bonds. The molecule has 0 spiro atoms. The zero-order chi connectivity index (χ0) is 14.5. The van der Waals surface area contributed by atoms with Gasteiger partial charge in [-0.1, -0.05) is 29.8 Å². The van der Waals surface area contributed by atoms with Gasteiger partial charge >= 0.3 is 0 Å². The summed E-state index contributed by atoms with van der Waals surface area (Å²) >= 11 is 6.10. The van der Waals surface area contributed by atoms with Gasteiger partial charge in [0.05, 0.1) is 19.1 Å². The molecule has 108 valence electrons. The molecule has 0 bridgehead atoms.